The van der Waals surface area contributed by atoms with Crippen LogP contribution in [0.4, 0.5) is 5.69 Å². The number of nitrogens with one attached hydrogen (secondary N) is 1. The monoisotopic (exact) mass is 355 g/mol. The maximum absolute atomic E-state index is 12.5. The second-order valence-corrected chi connectivity index (χ2v) is 7.27. The van der Waals surface area contributed by atoms with Crippen molar-refractivity contribution in [1.82, 2.24) is 0 Å². The number of phenols is 1. The van der Waals surface area contributed by atoms with E-state index in [-0.39, 0.29) is 22.6 Å². The predicted octanol–water partition coefficient (Wildman–Crippen LogP) is 3.77. The Labute approximate surface area is 140 Å². The molecule has 0 aliphatic rings. The van der Waals surface area contributed by atoms with Crippen molar-refractivity contribution in [2.75, 3.05) is 4.72 Å². The first-order valence-electron chi connectivity index (χ1n) is 7.01. The van der Waals surface area contributed by atoms with Gasteiger partial charge in [0.15, 0.2) is 5.75 Å². The highest BCUT2D eigenvalue weighted by atomic mass is 35.5. The average Bonchev–Trinajstić information content (AvgIpc) is 2.48. The molecule has 2 aromatic carbocycles. The zero-order valence-electron chi connectivity index (χ0n) is 12.8. The Morgan fingerprint density at radius 1 is 1.17 bits per heavy atom. The number of hydrogen-bond acceptors (Lipinski definition) is 4. The van der Waals surface area contributed by atoms with E-state index in [1.807, 2.05) is 13.8 Å². The molecule has 0 saturated heterocycles. The van der Waals surface area contributed by atoms with Gasteiger partial charge in [-0.2, -0.15) is 0 Å². The van der Waals surface area contributed by atoms with E-state index < -0.39 is 15.8 Å². The van der Waals surface area contributed by atoms with Crippen molar-refractivity contribution >= 4 is 27.3 Å². The van der Waals surface area contributed by atoms with Crippen LogP contribution in [0.25, 0.3) is 0 Å². The molecule has 0 aromatic heterocycles. The molecule has 124 valence electrons. The summed E-state index contributed by atoms with van der Waals surface area (Å²) in [5.74, 6) is -0.474. The first-order valence-corrected chi connectivity index (χ1v) is 8.87. The number of para-hydroxylation sites is 2. The molecular weight excluding hydrogens is 338 g/mol. The highest BCUT2D eigenvalue weighted by Crippen LogP contribution is 2.32. The van der Waals surface area contributed by atoms with Crippen LogP contribution < -0.4 is 4.72 Å². The smallest absolute Gasteiger partial charge is 0.265 e. The average molecular weight is 356 g/mol. The Kier molecular flexibility index (Phi) is 5.51. The van der Waals surface area contributed by atoms with E-state index >= 15 is 0 Å². The molecule has 0 fully saturated rings. The number of anilines is 1. The zero-order chi connectivity index (χ0) is 17.0. The number of aromatic hydroxyl groups is 1. The van der Waals surface area contributed by atoms with Crippen LogP contribution >= 0.6 is 11.6 Å². The predicted molar refractivity (Wildman–Crippen MR) is 90.3 cm³/mol. The Bertz CT molecular complexity index is 790. The van der Waals surface area contributed by atoms with Gasteiger partial charge in [-0.3, -0.25) is 4.72 Å². The van der Waals surface area contributed by atoms with Gasteiger partial charge in [-0.15, -0.1) is 0 Å². The summed E-state index contributed by atoms with van der Waals surface area (Å²) in [6, 6.07) is 11.1. The molecule has 0 saturated carbocycles. The third-order valence-electron chi connectivity index (χ3n) is 3.07. The molecular formula is C16H18ClNO4S. The lowest BCUT2D eigenvalue weighted by molar-refractivity contribution is 0.0661. The first kappa shape index (κ1) is 17.6. The molecule has 0 aliphatic heterocycles. The number of ether oxygens (including phenoxy) is 1. The van der Waals surface area contributed by atoms with Gasteiger partial charge < -0.3 is 9.84 Å². The quantitative estimate of drug-likeness (QED) is 0.827. The van der Waals surface area contributed by atoms with Crippen LogP contribution in [0.5, 0.6) is 5.75 Å². The van der Waals surface area contributed by atoms with Crippen molar-refractivity contribution in [2.45, 2.75) is 31.5 Å². The molecule has 0 bridgehead atoms. The van der Waals surface area contributed by atoms with Crippen LogP contribution in [0.3, 0.4) is 0 Å². The van der Waals surface area contributed by atoms with Crippen molar-refractivity contribution in [3.05, 3.63) is 53.1 Å². The summed E-state index contributed by atoms with van der Waals surface area (Å²) in [4.78, 5) is -0.274. The molecule has 0 spiro atoms. The Balaban J connectivity index is 2.33. The summed E-state index contributed by atoms with van der Waals surface area (Å²) in [6.07, 6.45) is 0.0247. The van der Waals surface area contributed by atoms with Gasteiger partial charge in [-0.25, -0.2) is 8.42 Å². The molecule has 7 heteroatoms. The molecule has 23 heavy (non-hydrogen) atoms. The first-order chi connectivity index (χ1) is 10.8. The van der Waals surface area contributed by atoms with Gasteiger partial charge in [0.2, 0.25) is 0 Å². The fourth-order valence-electron chi connectivity index (χ4n) is 1.91. The summed E-state index contributed by atoms with van der Waals surface area (Å²) in [5.41, 5.74) is 1.10. The topological polar surface area (TPSA) is 75.6 Å². The number of hydrogen-bond donors (Lipinski definition) is 2. The Morgan fingerprint density at radius 3 is 2.57 bits per heavy atom. The van der Waals surface area contributed by atoms with E-state index in [1.165, 1.54) is 18.2 Å². The molecule has 0 amide bonds. The second-order valence-electron chi connectivity index (χ2n) is 5.21. The van der Waals surface area contributed by atoms with Gasteiger partial charge in [-0.1, -0.05) is 35.9 Å². The minimum absolute atomic E-state index is 0.0238. The third kappa shape index (κ3) is 4.37. The lowest BCUT2D eigenvalue weighted by Gasteiger charge is -2.15. The largest absolute Gasteiger partial charge is 0.505 e. The Hall–Kier alpha value is -1.76. The minimum Gasteiger partial charge on any atom is -0.505 e. The van der Waals surface area contributed by atoms with Crippen LogP contribution in [0.15, 0.2) is 47.4 Å². The van der Waals surface area contributed by atoms with E-state index in [0.717, 1.165) is 0 Å². The molecule has 2 N–H and O–H groups in total. The minimum atomic E-state index is -3.97. The summed E-state index contributed by atoms with van der Waals surface area (Å²) in [5, 5.41) is 9.86. The molecule has 0 heterocycles. The van der Waals surface area contributed by atoms with Crippen LogP contribution in [-0.2, 0) is 21.4 Å². The lowest BCUT2D eigenvalue weighted by Crippen LogP contribution is -2.15. The second kappa shape index (κ2) is 7.21. The molecule has 2 rings (SSSR count). The highest BCUT2D eigenvalue weighted by molar-refractivity contribution is 7.92. The third-order valence-corrected chi connectivity index (χ3v) is 4.78. The van der Waals surface area contributed by atoms with Crippen LogP contribution in [0.2, 0.25) is 5.02 Å². The summed E-state index contributed by atoms with van der Waals surface area (Å²) in [7, 11) is -3.97. The molecule has 0 radical (unpaired) electrons. The standard InChI is InChI=1S/C16H18ClNO4S/c1-11(2)22-10-12-6-3-4-8-14(12)18-23(20,21)15-9-5-7-13(17)16(15)19/h3-9,11,18-19H,10H2,1-2H3. The summed E-state index contributed by atoms with van der Waals surface area (Å²) in [6.45, 7) is 4.07. The molecule has 0 atom stereocenters. The van der Waals surface area contributed by atoms with E-state index in [0.29, 0.717) is 11.3 Å². The van der Waals surface area contributed by atoms with E-state index in [1.54, 1.807) is 24.3 Å². The molecule has 0 aliphatic carbocycles. The molecule has 0 unspecified atom stereocenters. The van der Waals surface area contributed by atoms with Gasteiger partial charge >= 0.3 is 0 Å². The highest BCUT2D eigenvalue weighted by Gasteiger charge is 2.21. The summed E-state index contributed by atoms with van der Waals surface area (Å²) < 4.78 is 33.0. The maximum Gasteiger partial charge on any atom is 0.265 e. The van der Waals surface area contributed by atoms with Gasteiger partial charge in [-0.05, 0) is 32.0 Å². The lowest BCUT2D eigenvalue weighted by atomic mass is 10.2. The van der Waals surface area contributed by atoms with E-state index in [9.17, 15) is 13.5 Å². The van der Waals surface area contributed by atoms with Gasteiger partial charge in [0.05, 0.1) is 23.4 Å². The number of rotatable bonds is 6. The van der Waals surface area contributed by atoms with Crippen molar-refractivity contribution in [1.29, 1.82) is 0 Å². The fraction of sp³-hybridized carbons (Fsp3) is 0.250. The maximum atomic E-state index is 12.5. The number of sulfonamides is 1. The van der Waals surface area contributed by atoms with E-state index in [4.69, 9.17) is 16.3 Å². The Morgan fingerprint density at radius 2 is 1.87 bits per heavy atom. The SMILES string of the molecule is CC(C)OCc1ccccc1NS(=O)(=O)c1cccc(Cl)c1O. The van der Waals surface area contributed by atoms with Crippen LogP contribution in [0, 0.1) is 0 Å². The van der Waals surface area contributed by atoms with Gasteiger partial charge in [0.1, 0.15) is 4.90 Å². The van der Waals surface area contributed by atoms with Gasteiger partial charge in [0, 0.05) is 5.56 Å². The molecule has 2 aromatic rings. The molecule has 5 nitrogen and oxygen atoms in total. The van der Waals surface area contributed by atoms with Crippen molar-refractivity contribution in [3.8, 4) is 5.75 Å². The van der Waals surface area contributed by atoms with Crippen molar-refractivity contribution in [2.24, 2.45) is 0 Å². The normalized spacial score (nSPS) is 11.7. The van der Waals surface area contributed by atoms with Crippen LogP contribution in [0.1, 0.15) is 19.4 Å². The summed E-state index contributed by atoms with van der Waals surface area (Å²) >= 11 is 5.78. The number of halogens is 1. The van der Waals surface area contributed by atoms with E-state index in [2.05, 4.69) is 4.72 Å². The van der Waals surface area contributed by atoms with Crippen molar-refractivity contribution < 1.29 is 18.3 Å². The fourth-order valence-corrected chi connectivity index (χ4v) is 3.37. The van der Waals surface area contributed by atoms with Crippen molar-refractivity contribution in [3.63, 3.8) is 0 Å². The number of benzene rings is 2. The number of phenolic OH excluding ortho intramolecular Hbond substituents is 1. The zero-order valence-corrected chi connectivity index (χ0v) is 14.4. The van der Waals surface area contributed by atoms with Crippen LogP contribution in [-0.4, -0.2) is 19.6 Å². The van der Waals surface area contributed by atoms with Gasteiger partial charge in [0.25, 0.3) is 10.0 Å².